The van der Waals surface area contributed by atoms with Crippen LogP contribution in [0.5, 0.6) is 0 Å². The number of amides is 4. The van der Waals surface area contributed by atoms with E-state index in [1.165, 1.54) is 0 Å². The highest BCUT2D eigenvalue weighted by Crippen LogP contribution is 2.35. The molecule has 7 heteroatoms. The van der Waals surface area contributed by atoms with Crippen LogP contribution in [0, 0.1) is 5.92 Å². The smallest absolute Gasteiger partial charge is 0.344 e. The minimum absolute atomic E-state index is 0.147. The van der Waals surface area contributed by atoms with E-state index in [1.54, 1.807) is 18.4 Å². The Bertz CT molecular complexity index is 603. The van der Waals surface area contributed by atoms with Gasteiger partial charge in [-0.25, -0.2) is 4.79 Å². The highest BCUT2D eigenvalue weighted by molar-refractivity contribution is 6.08. The number of nitrogens with one attached hydrogen (secondary N) is 2. The van der Waals surface area contributed by atoms with Crippen molar-refractivity contribution in [1.82, 2.24) is 15.8 Å². The van der Waals surface area contributed by atoms with Crippen molar-refractivity contribution in [3.63, 3.8) is 0 Å². The summed E-state index contributed by atoms with van der Waals surface area (Å²) >= 11 is 0. The number of hydrogen-bond donors (Lipinski definition) is 2. The van der Waals surface area contributed by atoms with Crippen molar-refractivity contribution in [2.45, 2.75) is 51.0 Å². The molecule has 2 aliphatic rings. The van der Waals surface area contributed by atoms with Crippen LogP contribution in [0.2, 0.25) is 0 Å². The molecule has 7 nitrogen and oxygen atoms in total. The maximum atomic E-state index is 12.6. The van der Waals surface area contributed by atoms with E-state index in [4.69, 9.17) is 4.42 Å². The highest BCUT2D eigenvalue weighted by atomic mass is 16.3. The van der Waals surface area contributed by atoms with Crippen molar-refractivity contribution >= 4 is 17.8 Å². The van der Waals surface area contributed by atoms with E-state index in [2.05, 4.69) is 17.7 Å². The molecule has 2 N–H and O–H groups in total. The average molecular weight is 319 g/mol. The van der Waals surface area contributed by atoms with Crippen LogP contribution in [0.4, 0.5) is 4.79 Å². The molecular weight excluding hydrogens is 298 g/mol. The van der Waals surface area contributed by atoms with E-state index < -0.39 is 11.6 Å². The van der Waals surface area contributed by atoms with Gasteiger partial charge in [0.2, 0.25) is 5.91 Å². The molecule has 1 saturated heterocycles. The zero-order valence-corrected chi connectivity index (χ0v) is 13.1. The highest BCUT2D eigenvalue weighted by Gasteiger charge is 2.52. The summed E-state index contributed by atoms with van der Waals surface area (Å²) in [5.41, 5.74) is 1.58. The standard InChI is InChI=1S/C16H21N3O4/c1-11-6-8-16(9-7-11)14(21)19(15(22)17-16)18-13(20)5-4-12-3-2-10-23-12/h2-3,10-11H,4-9H2,1H3,(H,17,22)(H,18,20). The second kappa shape index (κ2) is 6.06. The number of nitrogens with zero attached hydrogens (tertiary/aromatic N) is 1. The van der Waals surface area contributed by atoms with Gasteiger partial charge >= 0.3 is 6.03 Å². The molecule has 0 bridgehead atoms. The predicted octanol–water partition coefficient (Wildman–Crippen LogP) is 1.74. The van der Waals surface area contributed by atoms with Gasteiger partial charge in [-0.05, 0) is 43.7 Å². The summed E-state index contributed by atoms with van der Waals surface area (Å²) in [5.74, 6) is 0.518. The summed E-state index contributed by atoms with van der Waals surface area (Å²) in [6.45, 7) is 2.14. The summed E-state index contributed by atoms with van der Waals surface area (Å²) in [5, 5.41) is 3.60. The van der Waals surface area contributed by atoms with E-state index in [0.717, 1.165) is 17.9 Å². The first-order valence-electron chi connectivity index (χ1n) is 7.99. The van der Waals surface area contributed by atoms with Gasteiger partial charge in [0.25, 0.3) is 5.91 Å². The Morgan fingerprint density at radius 1 is 1.43 bits per heavy atom. The van der Waals surface area contributed by atoms with Gasteiger partial charge in [0.05, 0.1) is 6.26 Å². The van der Waals surface area contributed by atoms with Gasteiger partial charge in [-0.3, -0.25) is 15.0 Å². The third kappa shape index (κ3) is 3.09. The lowest BCUT2D eigenvalue weighted by atomic mass is 9.77. The number of rotatable bonds is 4. The lowest BCUT2D eigenvalue weighted by Gasteiger charge is -2.33. The van der Waals surface area contributed by atoms with Crippen LogP contribution < -0.4 is 10.7 Å². The fraction of sp³-hybridized carbons (Fsp3) is 0.562. The van der Waals surface area contributed by atoms with Crippen molar-refractivity contribution in [2.24, 2.45) is 5.92 Å². The topological polar surface area (TPSA) is 91.7 Å². The summed E-state index contributed by atoms with van der Waals surface area (Å²) in [4.78, 5) is 36.6. The minimum Gasteiger partial charge on any atom is -0.469 e. The first-order valence-corrected chi connectivity index (χ1v) is 7.99. The minimum atomic E-state index is -0.835. The van der Waals surface area contributed by atoms with Crippen molar-refractivity contribution in [3.8, 4) is 0 Å². The monoisotopic (exact) mass is 319 g/mol. The van der Waals surface area contributed by atoms with Gasteiger partial charge in [-0.15, -0.1) is 0 Å². The van der Waals surface area contributed by atoms with Crippen molar-refractivity contribution < 1.29 is 18.8 Å². The average Bonchev–Trinajstić information content (AvgIpc) is 3.12. The lowest BCUT2D eigenvalue weighted by molar-refractivity contribution is -0.140. The Kier molecular flexibility index (Phi) is 4.11. The molecule has 2 heterocycles. The number of urea groups is 1. The first-order chi connectivity index (χ1) is 11.0. The van der Waals surface area contributed by atoms with E-state index >= 15 is 0 Å². The third-order valence-corrected chi connectivity index (χ3v) is 4.70. The number of carbonyl (C=O) groups is 3. The number of hydrogen-bond acceptors (Lipinski definition) is 4. The van der Waals surface area contributed by atoms with Crippen LogP contribution in [-0.2, 0) is 16.0 Å². The molecule has 3 rings (SSSR count). The van der Waals surface area contributed by atoms with Crippen LogP contribution in [-0.4, -0.2) is 28.4 Å². The quantitative estimate of drug-likeness (QED) is 0.827. The molecule has 1 aliphatic carbocycles. The molecule has 23 heavy (non-hydrogen) atoms. The van der Waals surface area contributed by atoms with Crippen LogP contribution in [0.15, 0.2) is 22.8 Å². The van der Waals surface area contributed by atoms with Gasteiger partial charge in [0.1, 0.15) is 11.3 Å². The van der Waals surface area contributed by atoms with Crippen molar-refractivity contribution in [2.75, 3.05) is 0 Å². The van der Waals surface area contributed by atoms with E-state index in [9.17, 15) is 14.4 Å². The molecule has 1 spiro atoms. The fourth-order valence-electron chi connectivity index (χ4n) is 3.19. The van der Waals surface area contributed by atoms with E-state index in [0.29, 0.717) is 30.9 Å². The molecule has 1 aromatic heterocycles. The molecule has 0 radical (unpaired) electrons. The number of aryl methyl sites for hydroxylation is 1. The van der Waals surface area contributed by atoms with E-state index in [1.807, 2.05) is 0 Å². The zero-order chi connectivity index (χ0) is 16.4. The molecule has 4 amide bonds. The molecule has 1 saturated carbocycles. The fourth-order valence-corrected chi connectivity index (χ4v) is 3.19. The molecule has 1 aromatic rings. The number of carbonyl (C=O) groups excluding carboxylic acids is 3. The molecule has 0 unspecified atom stereocenters. The van der Waals surface area contributed by atoms with Crippen LogP contribution in [0.25, 0.3) is 0 Å². The number of imide groups is 1. The summed E-state index contributed by atoms with van der Waals surface area (Å²) in [7, 11) is 0. The SMILES string of the molecule is CC1CCC2(CC1)NC(=O)N(NC(=O)CCc1ccco1)C2=O. The molecular formula is C16H21N3O4. The van der Waals surface area contributed by atoms with Crippen molar-refractivity contribution in [1.29, 1.82) is 0 Å². The maximum Gasteiger partial charge on any atom is 0.344 e. The largest absolute Gasteiger partial charge is 0.469 e. The van der Waals surface area contributed by atoms with Crippen molar-refractivity contribution in [3.05, 3.63) is 24.2 Å². The molecule has 0 aromatic carbocycles. The Morgan fingerprint density at radius 3 is 2.83 bits per heavy atom. The summed E-state index contributed by atoms with van der Waals surface area (Å²) < 4.78 is 5.16. The first kappa shape index (κ1) is 15.6. The second-order valence-electron chi connectivity index (χ2n) is 6.45. The Balaban J connectivity index is 1.58. The molecule has 124 valence electrons. The summed E-state index contributed by atoms with van der Waals surface area (Å²) in [6, 6.07) is 2.98. The number of hydrazine groups is 1. The van der Waals surface area contributed by atoms with Crippen LogP contribution in [0.3, 0.4) is 0 Å². The van der Waals surface area contributed by atoms with Crippen LogP contribution in [0.1, 0.15) is 44.8 Å². The normalized spacial score (nSPS) is 27.3. The Hall–Kier alpha value is -2.31. The third-order valence-electron chi connectivity index (χ3n) is 4.70. The second-order valence-corrected chi connectivity index (χ2v) is 6.45. The Labute approximate surface area is 134 Å². The maximum absolute atomic E-state index is 12.6. The van der Waals surface area contributed by atoms with Gasteiger partial charge in [-0.2, -0.15) is 5.01 Å². The molecule has 2 fully saturated rings. The number of furan rings is 1. The van der Waals surface area contributed by atoms with E-state index in [-0.39, 0.29) is 18.2 Å². The Morgan fingerprint density at radius 2 is 2.17 bits per heavy atom. The predicted molar refractivity (Wildman–Crippen MR) is 80.9 cm³/mol. The lowest BCUT2D eigenvalue weighted by Crippen LogP contribution is -2.51. The molecule has 1 aliphatic heterocycles. The van der Waals surface area contributed by atoms with Crippen LogP contribution >= 0.6 is 0 Å². The van der Waals surface area contributed by atoms with Gasteiger partial charge in [0.15, 0.2) is 0 Å². The summed E-state index contributed by atoms with van der Waals surface area (Å²) in [6.07, 6.45) is 5.14. The molecule has 0 atom stereocenters. The zero-order valence-electron chi connectivity index (χ0n) is 13.1. The van der Waals surface area contributed by atoms with Gasteiger partial charge in [-0.1, -0.05) is 6.92 Å². The van der Waals surface area contributed by atoms with Gasteiger partial charge in [0, 0.05) is 12.8 Å². The van der Waals surface area contributed by atoms with Gasteiger partial charge < -0.3 is 9.73 Å².